The second-order valence-corrected chi connectivity index (χ2v) is 10.7. The van der Waals surface area contributed by atoms with Crippen LogP contribution in [-0.4, -0.2) is 61.6 Å². The third-order valence-corrected chi connectivity index (χ3v) is 8.06. The van der Waals surface area contributed by atoms with E-state index in [2.05, 4.69) is 11.4 Å². The predicted molar refractivity (Wildman–Crippen MR) is 148 cm³/mol. The first kappa shape index (κ1) is 27.2. The molecular formula is C29H33ClN2O4S. The lowest BCUT2D eigenvalue weighted by atomic mass is 10.00. The zero-order chi connectivity index (χ0) is 26.4. The second kappa shape index (κ2) is 12.6. The van der Waals surface area contributed by atoms with Gasteiger partial charge in [0, 0.05) is 42.3 Å². The molecule has 1 unspecified atom stereocenters. The van der Waals surface area contributed by atoms with Crippen molar-refractivity contribution in [1.29, 1.82) is 0 Å². The Morgan fingerprint density at radius 1 is 1.14 bits per heavy atom. The molecule has 4 rings (SSSR count). The van der Waals surface area contributed by atoms with Gasteiger partial charge < -0.3 is 19.3 Å². The van der Waals surface area contributed by atoms with Gasteiger partial charge in [0.2, 0.25) is 5.91 Å². The third-order valence-electron chi connectivity index (χ3n) is 6.64. The van der Waals surface area contributed by atoms with Gasteiger partial charge in [0.25, 0.3) is 5.91 Å². The highest BCUT2D eigenvalue weighted by molar-refractivity contribution is 7.10. The summed E-state index contributed by atoms with van der Waals surface area (Å²) in [7, 11) is 1.64. The molecule has 2 aromatic carbocycles. The second-order valence-electron chi connectivity index (χ2n) is 9.31. The molecule has 2 amide bonds. The highest BCUT2D eigenvalue weighted by Crippen LogP contribution is 2.34. The smallest absolute Gasteiger partial charge is 0.254 e. The zero-order valence-electron chi connectivity index (χ0n) is 21.5. The topological polar surface area (TPSA) is 59.1 Å². The van der Waals surface area contributed by atoms with Gasteiger partial charge in [-0.1, -0.05) is 29.3 Å². The molecular weight excluding hydrogens is 508 g/mol. The van der Waals surface area contributed by atoms with Crippen molar-refractivity contribution >= 4 is 34.8 Å². The molecule has 2 heterocycles. The summed E-state index contributed by atoms with van der Waals surface area (Å²) in [5, 5.41) is 2.75. The minimum atomic E-state index is -0.228. The molecule has 3 aromatic rings. The predicted octanol–water partition coefficient (Wildman–Crippen LogP) is 5.70. The lowest BCUT2D eigenvalue weighted by molar-refractivity contribution is -0.135. The van der Waals surface area contributed by atoms with Crippen LogP contribution in [0.3, 0.4) is 0 Å². The Kier molecular flexibility index (Phi) is 9.24. The van der Waals surface area contributed by atoms with E-state index in [0.717, 1.165) is 23.1 Å². The maximum absolute atomic E-state index is 13.7. The van der Waals surface area contributed by atoms with Crippen molar-refractivity contribution in [2.24, 2.45) is 0 Å². The zero-order valence-corrected chi connectivity index (χ0v) is 23.1. The molecule has 0 radical (unpaired) electrons. The van der Waals surface area contributed by atoms with Gasteiger partial charge in [-0.05, 0) is 79.6 Å². The number of nitrogens with zero attached hydrogens (tertiary/aromatic N) is 2. The average Bonchev–Trinajstić information content (AvgIpc) is 3.38. The van der Waals surface area contributed by atoms with Gasteiger partial charge in [-0.2, -0.15) is 0 Å². The van der Waals surface area contributed by atoms with Crippen molar-refractivity contribution in [3.63, 3.8) is 0 Å². The quantitative estimate of drug-likeness (QED) is 0.309. The molecule has 0 saturated carbocycles. The van der Waals surface area contributed by atoms with Gasteiger partial charge >= 0.3 is 0 Å². The highest BCUT2D eigenvalue weighted by Gasteiger charge is 2.33. The van der Waals surface area contributed by atoms with Crippen LogP contribution < -0.4 is 4.74 Å². The maximum atomic E-state index is 13.7. The van der Waals surface area contributed by atoms with Gasteiger partial charge in [0.1, 0.15) is 18.9 Å². The number of halogens is 1. The number of hydrogen-bond donors (Lipinski definition) is 0. The van der Waals surface area contributed by atoms with Gasteiger partial charge in [-0.15, -0.1) is 11.3 Å². The number of carbonyl (C=O) groups is 2. The fraction of sp³-hybridized carbons (Fsp3) is 0.379. The fourth-order valence-corrected chi connectivity index (χ4v) is 5.59. The van der Waals surface area contributed by atoms with Crippen LogP contribution in [0.15, 0.2) is 53.9 Å². The molecule has 196 valence electrons. The Balaban J connectivity index is 1.52. The van der Waals surface area contributed by atoms with E-state index in [-0.39, 0.29) is 24.4 Å². The van der Waals surface area contributed by atoms with Crippen molar-refractivity contribution in [1.82, 2.24) is 9.80 Å². The van der Waals surface area contributed by atoms with Crippen molar-refractivity contribution in [3.8, 4) is 5.75 Å². The summed E-state index contributed by atoms with van der Waals surface area (Å²) >= 11 is 7.88. The summed E-state index contributed by atoms with van der Waals surface area (Å²) in [6, 6.07) is 14.9. The minimum Gasteiger partial charge on any atom is -0.491 e. The molecule has 0 fully saturated rings. The lowest BCUT2D eigenvalue weighted by Crippen LogP contribution is -2.48. The van der Waals surface area contributed by atoms with Crippen LogP contribution in [0.5, 0.6) is 5.75 Å². The van der Waals surface area contributed by atoms with E-state index in [4.69, 9.17) is 21.1 Å². The van der Waals surface area contributed by atoms with E-state index >= 15 is 0 Å². The van der Waals surface area contributed by atoms with Crippen LogP contribution in [0, 0.1) is 13.8 Å². The number of amides is 2. The maximum Gasteiger partial charge on any atom is 0.254 e. The van der Waals surface area contributed by atoms with Crippen molar-refractivity contribution in [3.05, 3.63) is 86.1 Å². The Labute approximate surface area is 227 Å². The van der Waals surface area contributed by atoms with Crippen molar-refractivity contribution in [2.45, 2.75) is 32.7 Å². The first-order valence-electron chi connectivity index (χ1n) is 12.5. The van der Waals surface area contributed by atoms with Crippen LogP contribution >= 0.6 is 22.9 Å². The number of fused-ring (bicyclic) bond motifs is 1. The Bertz CT molecular complexity index is 1230. The van der Waals surface area contributed by atoms with Crippen LogP contribution in [-0.2, 0) is 16.0 Å². The van der Waals surface area contributed by atoms with Crippen LogP contribution in [0.2, 0.25) is 5.02 Å². The monoisotopic (exact) mass is 540 g/mol. The van der Waals surface area contributed by atoms with Gasteiger partial charge in [-0.3, -0.25) is 9.59 Å². The summed E-state index contributed by atoms with van der Waals surface area (Å²) < 4.78 is 11.4. The molecule has 1 aliphatic heterocycles. The summed E-state index contributed by atoms with van der Waals surface area (Å²) in [6.07, 6.45) is 1.45. The molecule has 0 saturated heterocycles. The van der Waals surface area contributed by atoms with Crippen LogP contribution in [0.25, 0.3) is 0 Å². The van der Waals surface area contributed by atoms with Gasteiger partial charge in [0.05, 0.1) is 6.04 Å². The number of benzene rings is 2. The average molecular weight is 541 g/mol. The number of thiophene rings is 1. The van der Waals surface area contributed by atoms with E-state index < -0.39 is 0 Å². The van der Waals surface area contributed by atoms with Crippen LogP contribution in [0.4, 0.5) is 0 Å². The molecule has 1 atom stereocenters. The standard InChI is InChI=1S/C29H33ClN2O4S/c1-20-5-7-22(8-6-20)29(34)31(13-4-15-35-3)18-28(33)32-14-11-27-24(12-16-37-27)26(32)19-36-23-9-10-25(30)21(2)17-23/h5-10,12,16-17,26H,4,11,13-15,18-19H2,1-3H3. The largest absolute Gasteiger partial charge is 0.491 e. The normalized spacial score (nSPS) is 14.8. The van der Waals surface area contributed by atoms with Crippen molar-refractivity contribution < 1.29 is 19.1 Å². The number of carbonyl (C=O) groups excluding carboxylic acids is 2. The Morgan fingerprint density at radius 2 is 1.92 bits per heavy atom. The lowest BCUT2D eigenvalue weighted by Gasteiger charge is -2.37. The molecule has 8 heteroatoms. The first-order valence-corrected chi connectivity index (χ1v) is 13.7. The molecule has 0 bridgehead atoms. The van der Waals surface area contributed by atoms with E-state index in [1.54, 1.807) is 23.3 Å². The molecule has 0 spiro atoms. The van der Waals surface area contributed by atoms with Crippen molar-refractivity contribution in [2.75, 3.05) is 40.0 Å². The third kappa shape index (κ3) is 6.72. The summed E-state index contributed by atoms with van der Waals surface area (Å²) in [5.74, 6) is 0.477. The first-order chi connectivity index (χ1) is 17.9. The molecule has 1 aliphatic rings. The number of methoxy groups -OCH3 is 1. The summed E-state index contributed by atoms with van der Waals surface area (Å²) in [5.41, 5.74) is 3.71. The van der Waals surface area contributed by atoms with Gasteiger partial charge in [0.15, 0.2) is 0 Å². The summed E-state index contributed by atoms with van der Waals surface area (Å²) in [6.45, 7) is 5.80. The van der Waals surface area contributed by atoms with Gasteiger partial charge in [-0.25, -0.2) is 0 Å². The van der Waals surface area contributed by atoms with Crippen LogP contribution in [0.1, 0.15) is 44.4 Å². The summed E-state index contributed by atoms with van der Waals surface area (Å²) in [4.78, 5) is 31.8. The van der Waals surface area contributed by atoms with E-state index in [0.29, 0.717) is 49.1 Å². The number of rotatable bonds is 10. The Hall–Kier alpha value is -2.87. The van der Waals surface area contributed by atoms with E-state index in [1.165, 1.54) is 4.88 Å². The molecule has 1 aromatic heterocycles. The molecule has 37 heavy (non-hydrogen) atoms. The fourth-order valence-electron chi connectivity index (χ4n) is 4.54. The molecule has 6 nitrogen and oxygen atoms in total. The highest BCUT2D eigenvalue weighted by atomic mass is 35.5. The Morgan fingerprint density at radius 3 is 2.65 bits per heavy atom. The minimum absolute atomic E-state index is 0.00640. The molecule has 0 N–H and O–H groups in total. The number of hydrogen-bond acceptors (Lipinski definition) is 5. The SMILES string of the molecule is COCCCN(CC(=O)N1CCc2sccc2C1COc1ccc(Cl)c(C)c1)C(=O)c1ccc(C)cc1. The van der Waals surface area contributed by atoms with E-state index in [1.807, 2.05) is 61.2 Å². The number of aryl methyl sites for hydroxylation is 2. The van der Waals surface area contributed by atoms with E-state index in [9.17, 15) is 9.59 Å². The number of ether oxygens (including phenoxy) is 2. The molecule has 0 aliphatic carbocycles.